The van der Waals surface area contributed by atoms with E-state index >= 15 is 0 Å². The van der Waals surface area contributed by atoms with Gasteiger partial charge in [-0.05, 0) is 64.7 Å². The highest BCUT2D eigenvalue weighted by atomic mass is 35.5. The average Bonchev–Trinajstić information content (AvgIpc) is 2.89. The number of allylic oxidation sites excluding steroid dienone is 1. The van der Waals surface area contributed by atoms with Gasteiger partial charge in [-0.2, -0.15) is 5.10 Å². The van der Waals surface area contributed by atoms with Crippen molar-refractivity contribution < 1.29 is 19.4 Å². The van der Waals surface area contributed by atoms with Crippen LogP contribution in [0.3, 0.4) is 0 Å². The summed E-state index contributed by atoms with van der Waals surface area (Å²) in [4.78, 5) is 12.7. The van der Waals surface area contributed by atoms with Crippen LogP contribution in [0.2, 0.25) is 10.0 Å². The minimum Gasteiger partial charge on any atom is -0.507 e. The number of amides is 1. The van der Waals surface area contributed by atoms with Gasteiger partial charge in [-0.3, -0.25) is 4.79 Å². The van der Waals surface area contributed by atoms with E-state index in [4.69, 9.17) is 32.7 Å². The molecule has 0 atom stereocenters. The van der Waals surface area contributed by atoms with Crippen molar-refractivity contribution in [1.29, 1.82) is 0 Å². The Balaban J connectivity index is 1.53. The first kappa shape index (κ1) is 26.1. The lowest BCUT2D eigenvalue weighted by molar-refractivity contribution is 0.0952. The molecule has 6 nitrogen and oxygen atoms in total. The molecule has 0 aliphatic rings. The fraction of sp³-hybridized carbons (Fsp3) is 0.103. The van der Waals surface area contributed by atoms with Gasteiger partial charge in [0.25, 0.3) is 5.91 Å². The van der Waals surface area contributed by atoms with Crippen LogP contribution in [0.5, 0.6) is 17.2 Å². The molecule has 4 rings (SSSR count). The second-order valence-corrected chi connectivity index (χ2v) is 8.97. The summed E-state index contributed by atoms with van der Waals surface area (Å²) in [6.45, 7) is 4.09. The predicted octanol–water partition coefficient (Wildman–Crippen LogP) is 6.93. The summed E-state index contributed by atoms with van der Waals surface area (Å²) in [6, 6.07) is 19.6. The van der Waals surface area contributed by atoms with E-state index in [0.717, 1.165) is 21.9 Å². The summed E-state index contributed by atoms with van der Waals surface area (Å²) >= 11 is 12.1. The van der Waals surface area contributed by atoms with E-state index in [1.807, 2.05) is 36.4 Å². The molecule has 0 radical (unpaired) electrons. The topological polar surface area (TPSA) is 80.2 Å². The number of carbonyl (C=O) groups excluding carboxylic acids is 1. The van der Waals surface area contributed by atoms with Gasteiger partial charge in [0, 0.05) is 5.56 Å². The first-order valence-corrected chi connectivity index (χ1v) is 12.1. The second kappa shape index (κ2) is 11.8. The number of phenolic OH excluding ortho intramolecular Hbond substituents is 1. The maximum Gasteiger partial charge on any atom is 0.275 e. The SMILES string of the molecule is C=CCc1cc(C=NNC(=O)c2cc3ccccc3cc2O)cc(OC)c1OCc1ccc(Cl)c(Cl)c1. The summed E-state index contributed by atoms with van der Waals surface area (Å²) in [7, 11) is 1.55. The fourth-order valence-electron chi connectivity index (χ4n) is 3.80. The summed E-state index contributed by atoms with van der Waals surface area (Å²) in [5.74, 6) is 0.416. The van der Waals surface area contributed by atoms with Gasteiger partial charge in [0.15, 0.2) is 11.5 Å². The van der Waals surface area contributed by atoms with Crippen molar-refractivity contribution >= 4 is 46.1 Å². The van der Waals surface area contributed by atoms with Crippen LogP contribution in [-0.4, -0.2) is 24.3 Å². The number of aromatic hydroxyl groups is 1. The van der Waals surface area contributed by atoms with Gasteiger partial charge in [0.1, 0.15) is 12.4 Å². The highest BCUT2D eigenvalue weighted by Gasteiger charge is 2.14. The van der Waals surface area contributed by atoms with Crippen LogP contribution in [0.15, 0.2) is 84.5 Å². The molecule has 0 aliphatic heterocycles. The van der Waals surface area contributed by atoms with Gasteiger partial charge in [0.2, 0.25) is 0 Å². The van der Waals surface area contributed by atoms with E-state index < -0.39 is 5.91 Å². The number of nitrogens with one attached hydrogen (secondary N) is 1. The summed E-state index contributed by atoms with van der Waals surface area (Å²) in [6.07, 6.45) is 3.77. The predicted molar refractivity (Wildman–Crippen MR) is 148 cm³/mol. The van der Waals surface area contributed by atoms with Crippen molar-refractivity contribution in [2.75, 3.05) is 7.11 Å². The minimum atomic E-state index is -0.528. The lowest BCUT2D eigenvalue weighted by atomic mass is 10.1. The Bertz CT molecular complexity index is 1500. The van der Waals surface area contributed by atoms with Crippen molar-refractivity contribution in [2.24, 2.45) is 5.10 Å². The zero-order valence-corrected chi connectivity index (χ0v) is 21.5. The van der Waals surface area contributed by atoms with E-state index in [0.29, 0.717) is 33.5 Å². The number of hydrazone groups is 1. The van der Waals surface area contributed by atoms with Gasteiger partial charge in [-0.1, -0.05) is 59.6 Å². The van der Waals surface area contributed by atoms with E-state index in [-0.39, 0.29) is 17.9 Å². The van der Waals surface area contributed by atoms with Crippen LogP contribution in [0.25, 0.3) is 10.8 Å². The van der Waals surface area contributed by atoms with Crippen molar-refractivity contribution in [2.45, 2.75) is 13.0 Å². The number of phenols is 1. The summed E-state index contributed by atoms with van der Waals surface area (Å²) in [5, 5.41) is 17.0. The molecule has 8 heteroatoms. The molecule has 1 amide bonds. The lowest BCUT2D eigenvalue weighted by Gasteiger charge is -2.16. The molecule has 0 bridgehead atoms. The number of nitrogens with zero attached hydrogens (tertiary/aromatic N) is 1. The molecule has 188 valence electrons. The molecule has 4 aromatic rings. The first-order valence-electron chi connectivity index (χ1n) is 11.3. The third-order valence-electron chi connectivity index (χ3n) is 5.59. The summed E-state index contributed by atoms with van der Waals surface area (Å²) in [5.41, 5.74) is 4.96. The molecular formula is C29H24Cl2N2O4. The standard InChI is InChI=1S/C29H24Cl2N2O4/c1-3-6-22-11-19(13-27(36-2)28(22)37-17-18-9-10-24(30)25(31)12-18)16-32-33-29(35)23-14-20-7-4-5-8-21(20)15-26(23)34/h3-5,7-16,34H,1,6,17H2,2H3,(H,33,35). The Labute approximate surface area is 224 Å². The number of fused-ring (bicyclic) bond motifs is 1. The Morgan fingerprint density at radius 3 is 2.51 bits per heavy atom. The van der Waals surface area contributed by atoms with Crippen LogP contribution in [0.1, 0.15) is 27.0 Å². The van der Waals surface area contributed by atoms with Crippen LogP contribution in [-0.2, 0) is 13.0 Å². The number of rotatable bonds is 9. The molecule has 37 heavy (non-hydrogen) atoms. The van der Waals surface area contributed by atoms with Gasteiger partial charge in [-0.15, -0.1) is 6.58 Å². The monoisotopic (exact) mass is 534 g/mol. The maximum atomic E-state index is 12.7. The number of halogens is 2. The molecule has 0 unspecified atom stereocenters. The van der Waals surface area contributed by atoms with Crippen LogP contribution in [0.4, 0.5) is 0 Å². The molecule has 0 aliphatic carbocycles. The van der Waals surface area contributed by atoms with Gasteiger partial charge < -0.3 is 14.6 Å². The van der Waals surface area contributed by atoms with Crippen LogP contribution in [0, 0.1) is 0 Å². The number of benzene rings is 4. The van der Waals surface area contributed by atoms with E-state index in [9.17, 15) is 9.90 Å². The third-order valence-corrected chi connectivity index (χ3v) is 6.33. The Morgan fingerprint density at radius 2 is 1.81 bits per heavy atom. The number of methoxy groups -OCH3 is 1. The highest BCUT2D eigenvalue weighted by Crippen LogP contribution is 2.34. The Kier molecular flexibility index (Phi) is 8.33. The molecule has 2 N–H and O–H groups in total. The molecule has 0 spiro atoms. The average molecular weight is 535 g/mol. The Morgan fingerprint density at radius 1 is 1.05 bits per heavy atom. The molecule has 0 fully saturated rings. The normalized spacial score (nSPS) is 11.0. The van der Waals surface area contributed by atoms with E-state index in [1.165, 1.54) is 6.21 Å². The largest absolute Gasteiger partial charge is 0.507 e. The second-order valence-electron chi connectivity index (χ2n) is 8.16. The molecular weight excluding hydrogens is 511 g/mol. The van der Waals surface area contributed by atoms with Crippen molar-refractivity contribution in [3.05, 3.63) is 112 Å². The minimum absolute atomic E-state index is 0.121. The fourth-order valence-corrected chi connectivity index (χ4v) is 4.12. The molecule has 0 heterocycles. The lowest BCUT2D eigenvalue weighted by Crippen LogP contribution is -2.17. The molecule has 0 aromatic heterocycles. The highest BCUT2D eigenvalue weighted by molar-refractivity contribution is 6.42. The Hall–Kier alpha value is -4.00. The van der Waals surface area contributed by atoms with Crippen LogP contribution < -0.4 is 14.9 Å². The maximum absolute atomic E-state index is 12.7. The van der Waals surface area contributed by atoms with Crippen molar-refractivity contribution in [3.8, 4) is 17.2 Å². The molecule has 4 aromatic carbocycles. The zero-order chi connectivity index (χ0) is 26.4. The molecule has 0 saturated heterocycles. The zero-order valence-electron chi connectivity index (χ0n) is 20.0. The van der Waals surface area contributed by atoms with Gasteiger partial charge in [-0.25, -0.2) is 5.43 Å². The quantitative estimate of drug-likeness (QED) is 0.138. The summed E-state index contributed by atoms with van der Waals surface area (Å²) < 4.78 is 11.6. The number of hydrogen-bond donors (Lipinski definition) is 2. The van der Waals surface area contributed by atoms with Crippen LogP contribution >= 0.6 is 23.2 Å². The molecule has 0 saturated carbocycles. The van der Waals surface area contributed by atoms with Gasteiger partial charge in [0.05, 0.1) is 28.9 Å². The number of hydrogen-bond acceptors (Lipinski definition) is 5. The van der Waals surface area contributed by atoms with Crippen molar-refractivity contribution in [3.63, 3.8) is 0 Å². The first-order chi connectivity index (χ1) is 17.9. The van der Waals surface area contributed by atoms with E-state index in [1.54, 1.807) is 43.5 Å². The van der Waals surface area contributed by atoms with E-state index in [2.05, 4.69) is 17.1 Å². The smallest absolute Gasteiger partial charge is 0.275 e. The number of carbonyl (C=O) groups is 1. The number of ether oxygens (including phenoxy) is 2. The van der Waals surface area contributed by atoms with Crippen molar-refractivity contribution in [1.82, 2.24) is 5.43 Å². The third kappa shape index (κ3) is 6.23. The van der Waals surface area contributed by atoms with Gasteiger partial charge >= 0.3 is 0 Å².